The van der Waals surface area contributed by atoms with E-state index in [-0.39, 0.29) is 5.75 Å². The fourth-order valence-corrected chi connectivity index (χ4v) is 5.07. The molecule has 0 saturated heterocycles. The van der Waals surface area contributed by atoms with Crippen LogP contribution in [0.2, 0.25) is 0 Å². The fourth-order valence-electron chi connectivity index (χ4n) is 2.39. The number of thiophene rings is 1. The molecule has 152 valence electrons. The van der Waals surface area contributed by atoms with Gasteiger partial charge in [0.1, 0.15) is 21.4 Å². The highest BCUT2D eigenvalue weighted by molar-refractivity contribution is 8.00. The van der Waals surface area contributed by atoms with Gasteiger partial charge in [-0.1, -0.05) is 12.1 Å². The summed E-state index contributed by atoms with van der Waals surface area (Å²) in [4.78, 5) is 20.7. The number of hydrogen-bond donors (Lipinski definition) is 2. The molecule has 0 bridgehead atoms. The van der Waals surface area contributed by atoms with Gasteiger partial charge in [-0.15, -0.1) is 34.4 Å². The molecule has 6 nitrogen and oxygen atoms in total. The number of hydrogen-bond acceptors (Lipinski definition) is 8. The monoisotopic (exact) mass is 447 g/mol. The number of nitrogens with zero attached hydrogens (tertiary/aromatic N) is 2. The van der Waals surface area contributed by atoms with E-state index in [1.54, 1.807) is 44.7 Å². The van der Waals surface area contributed by atoms with Gasteiger partial charge in [-0.05, 0) is 45.2 Å². The molecular weight excluding hydrogens is 426 g/mol. The maximum atomic E-state index is 11.7. The Morgan fingerprint density at radius 1 is 1.31 bits per heavy atom. The van der Waals surface area contributed by atoms with Crippen molar-refractivity contribution in [3.63, 3.8) is 0 Å². The lowest BCUT2D eigenvalue weighted by atomic mass is 10.1. The molecule has 3 aromatic rings. The number of amides is 1. The second-order valence-electron chi connectivity index (χ2n) is 6.95. The van der Waals surface area contributed by atoms with Crippen LogP contribution in [-0.4, -0.2) is 34.4 Å². The first kappa shape index (κ1) is 21.4. The van der Waals surface area contributed by atoms with Gasteiger partial charge in [0.2, 0.25) is 0 Å². The number of thioether (sulfide) groups is 1. The fraction of sp³-hybridized carbons (Fsp3) is 0.250. The maximum Gasteiger partial charge on any atom is 0.412 e. The summed E-state index contributed by atoms with van der Waals surface area (Å²) in [6.07, 6.45) is 2.79. The number of rotatable bonds is 5. The quantitative estimate of drug-likeness (QED) is 0.278. The van der Waals surface area contributed by atoms with E-state index in [2.05, 4.69) is 10.3 Å². The molecule has 3 rings (SSSR count). The molecule has 1 amide bonds. The Kier molecular flexibility index (Phi) is 6.61. The summed E-state index contributed by atoms with van der Waals surface area (Å²) in [7, 11) is 0. The minimum absolute atomic E-state index is 0.207. The highest BCUT2D eigenvalue weighted by atomic mass is 32.2. The third-order valence-electron chi connectivity index (χ3n) is 3.56. The van der Waals surface area contributed by atoms with Crippen molar-refractivity contribution in [3.05, 3.63) is 35.7 Å². The second kappa shape index (κ2) is 8.98. The van der Waals surface area contributed by atoms with E-state index in [4.69, 9.17) is 9.72 Å². The standard InChI is InChI=1S/C20H21N3O3S3/c1-20(2,3)26-19(25)22-11-21-16-9-13(18(27-4)29-16)17-23-14(10-28-17)12-7-5-6-8-15(12)24/h5-11,24H,1-4H3,(H,21,22,25). The minimum Gasteiger partial charge on any atom is -0.507 e. The van der Waals surface area contributed by atoms with E-state index in [9.17, 15) is 9.90 Å². The first-order valence-corrected chi connectivity index (χ1v) is 11.6. The van der Waals surface area contributed by atoms with Crippen LogP contribution in [0.5, 0.6) is 5.75 Å². The van der Waals surface area contributed by atoms with Crippen molar-refractivity contribution in [2.24, 2.45) is 4.99 Å². The number of carbonyl (C=O) groups excluding carboxylic acids is 1. The average molecular weight is 448 g/mol. The third-order valence-corrected chi connectivity index (χ3v) is 6.61. The molecule has 2 N–H and O–H groups in total. The lowest BCUT2D eigenvalue weighted by Crippen LogP contribution is -2.31. The molecule has 0 aliphatic heterocycles. The van der Waals surface area contributed by atoms with Gasteiger partial charge in [-0.25, -0.2) is 14.8 Å². The highest BCUT2D eigenvalue weighted by Crippen LogP contribution is 2.43. The summed E-state index contributed by atoms with van der Waals surface area (Å²) >= 11 is 4.65. The van der Waals surface area contributed by atoms with E-state index in [0.717, 1.165) is 25.5 Å². The predicted molar refractivity (Wildman–Crippen MR) is 122 cm³/mol. The summed E-state index contributed by atoms with van der Waals surface area (Å²) in [5.74, 6) is 0.207. The van der Waals surface area contributed by atoms with Gasteiger partial charge in [0.25, 0.3) is 0 Å². The lowest BCUT2D eigenvalue weighted by Gasteiger charge is -2.18. The summed E-state index contributed by atoms with van der Waals surface area (Å²) in [5.41, 5.74) is 1.86. The first-order valence-electron chi connectivity index (χ1n) is 8.71. The van der Waals surface area contributed by atoms with Crippen molar-refractivity contribution in [2.75, 3.05) is 6.26 Å². The molecular formula is C20H21N3O3S3. The van der Waals surface area contributed by atoms with Gasteiger partial charge in [0.15, 0.2) is 0 Å². The smallest absolute Gasteiger partial charge is 0.412 e. The van der Waals surface area contributed by atoms with Crippen molar-refractivity contribution in [1.29, 1.82) is 0 Å². The number of para-hydroxylation sites is 1. The molecule has 2 aromatic heterocycles. The minimum atomic E-state index is -0.560. The number of aliphatic imine (C=N–C) groups is 1. The number of phenols is 1. The molecule has 1 aromatic carbocycles. The van der Waals surface area contributed by atoms with Crippen molar-refractivity contribution >= 4 is 51.9 Å². The third kappa shape index (κ3) is 5.59. The molecule has 0 atom stereocenters. The van der Waals surface area contributed by atoms with Crippen LogP contribution in [0.25, 0.3) is 21.8 Å². The average Bonchev–Trinajstić information content (AvgIpc) is 3.27. The normalized spacial score (nSPS) is 11.7. The zero-order valence-corrected chi connectivity index (χ0v) is 18.9. The van der Waals surface area contributed by atoms with Crippen LogP contribution in [-0.2, 0) is 4.74 Å². The predicted octanol–water partition coefficient (Wildman–Crippen LogP) is 6.15. The zero-order valence-electron chi connectivity index (χ0n) is 16.4. The van der Waals surface area contributed by atoms with E-state index < -0.39 is 11.7 Å². The van der Waals surface area contributed by atoms with Gasteiger partial charge in [0, 0.05) is 16.5 Å². The Labute approximate surface area is 181 Å². The van der Waals surface area contributed by atoms with Crippen LogP contribution in [0.15, 0.2) is 44.9 Å². The van der Waals surface area contributed by atoms with Crippen LogP contribution in [0.4, 0.5) is 9.80 Å². The van der Waals surface area contributed by atoms with Crippen LogP contribution in [0, 0.1) is 0 Å². The number of aromatic hydroxyl groups is 1. The van der Waals surface area contributed by atoms with Gasteiger partial charge < -0.3 is 9.84 Å². The number of carbonyl (C=O) groups is 1. The highest BCUT2D eigenvalue weighted by Gasteiger charge is 2.17. The van der Waals surface area contributed by atoms with E-state index in [1.165, 1.54) is 29.0 Å². The van der Waals surface area contributed by atoms with Crippen LogP contribution >= 0.6 is 34.4 Å². The van der Waals surface area contributed by atoms with Crippen molar-refractivity contribution in [1.82, 2.24) is 10.3 Å². The topological polar surface area (TPSA) is 83.8 Å². The van der Waals surface area contributed by atoms with Crippen LogP contribution in [0.3, 0.4) is 0 Å². The summed E-state index contributed by atoms with van der Waals surface area (Å²) in [5, 5.41) is 16.1. The number of alkyl carbamates (subject to hydrolysis) is 1. The number of benzene rings is 1. The van der Waals surface area contributed by atoms with Crippen LogP contribution < -0.4 is 5.32 Å². The molecule has 0 aliphatic carbocycles. The number of nitrogens with one attached hydrogen (secondary N) is 1. The van der Waals surface area contributed by atoms with Gasteiger partial charge >= 0.3 is 6.09 Å². The molecule has 29 heavy (non-hydrogen) atoms. The number of ether oxygens (including phenoxy) is 1. The molecule has 0 unspecified atom stereocenters. The van der Waals surface area contributed by atoms with Crippen molar-refractivity contribution in [2.45, 2.75) is 30.6 Å². The Balaban J connectivity index is 1.78. The number of aromatic nitrogens is 1. The van der Waals surface area contributed by atoms with Gasteiger partial charge in [-0.2, -0.15) is 0 Å². The van der Waals surface area contributed by atoms with Crippen molar-refractivity contribution in [3.8, 4) is 27.6 Å². The molecule has 0 aliphatic rings. The summed E-state index contributed by atoms with van der Waals surface area (Å²) < 4.78 is 6.26. The molecule has 2 heterocycles. The number of phenolic OH excluding ortho intramolecular Hbond substituents is 1. The maximum absolute atomic E-state index is 11.7. The summed E-state index contributed by atoms with van der Waals surface area (Å²) in [6.45, 7) is 5.41. The Hall–Kier alpha value is -2.36. The Morgan fingerprint density at radius 3 is 2.76 bits per heavy atom. The van der Waals surface area contributed by atoms with Crippen LogP contribution in [0.1, 0.15) is 20.8 Å². The zero-order chi connectivity index (χ0) is 21.0. The second-order valence-corrected chi connectivity index (χ2v) is 9.91. The van der Waals surface area contributed by atoms with E-state index in [0.29, 0.717) is 5.56 Å². The van der Waals surface area contributed by atoms with Gasteiger partial charge in [0.05, 0.1) is 16.2 Å². The van der Waals surface area contributed by atoms with Crippen molar-refractivity contribution < 1.29 is 14.6 Å². The molecule has 0 fully saturated rings. The van der Waals surface area contributed by atoms with E-state index >= 15 is 0 Å². The summed E-state index contributed by atoms with van der Waals surface area (Å²) in [6, 6.07) is 9.09. The Morgan fingerprint density at radius 2 is 2.07 bits per heavy atom. The molecule has 0 radical (unpaired) electrons. The molecule has 9 heteroatoms. The largest absolute Gasteiger partial charge is 0.507 e. The number of thiazole rings is 1. The first-order chi connectivity index (χ1) is 13.8. The molecule has 0 spiro atoms. The van der Waals surface area contributed by atoms with Gasteiger partial charge in [-0.3, -0.25) is 5.32 Å². The Bertz CT molecular complexity index is 1040. The SMILES string of the molecule is CSc1sc(N=CNC(=O)OC(C)(C)C)cc1-c1nc(-c2ccccc2O)cs1. The van der Waals surface area contributed by atoms with E-state index in [1.807, 2.05) is 29.8 Å². The lowest BCUT2D eigenvalue weighted by molar-refractivity contribution is 0.0565. The molecule has 0 saturated carbocycles.